The van der Waals surface area contributed by atoms with Crippen molar-refractivity contribution in [3.05, 3.63) is 29.8 Å². The number of para-hydroxylation sites is 1. The molecule has 2 heterocycles. The lowest BCUT2D eigenvalue weighted by molar-refractivity contribution is -0.0799. The van der Waals surface area contributed by atoms with E-state index in [1.165, 1.54) is 0 Å². The van der Waals surface area contributed by atoms with E-state index < -0.39 is 5.60 Å². The number of nitrogens with one attached hydrogen (secondary N) is 1. The maximum absolute atomic E-state index is 11.2. The molecule has 2 bridgehead atoms. The molecule has 0 radical (unpaired) electrons. The third-order valence-electron chi connectivity index (χ3n) is 4.16. The van der Waals surface area contributed by atoms with Crippen molar-refractivity contribution < 1.29 is 9.84 Å². The molecule has 1 aromatic carbocycles. The highest BCUT2D eigenvalue weighted by molar-refractivity contribution is 5.55. The molecule has 4 heteroatoms. The second-order valence-electron chi connectivity index (χ2n) is 5.95. The van der Waals surface area contributed by atoms with E-state index in [9.17, 15) is 5.11 Å². The second-order valence-corrected chi connectivity index (χ2v) is 5.95. The molecule has 2 N–H and O–H groups in total. The average Bonchev–Trinajstić information content (AvgIpc) is 2.38. The lowest BCUT2D eigenvalue weighted by Gasteiger charge is -2.46. The molecule has 0 aliphatic carbocycles. The number of aliphatic hydroxyl groups is 1. The predicted molar refractivity (Wildman–Crippen MR) is 75.4 cm³/mol. The molecule has 0 saturated carbocycles. The molecule has 3 rings (SSSR count). The van der Waals surface area contributed by atoms with Crippen molar-refractivity contribution in [2.75, 3.05) is 32.2 Å². The first-order valence-electron chi connectivity index (χ1n) is 6.91. The Bertz CT molecular complexity index is 449. The zero-order valence-electron chi connectivity index (χ0n) is 11.6. The summed E-state index contributed by atoms with van der Waals surface area (Å²) in [6.45, 7) is 1.39. The fraction of sp³-hybridized carbons (Fsp3) is 0.600. The molecule has 2 aliphatic heterocycles. The molecule has 2 unspecified atom stereocenters. The number of hydrogen-bond acceptors (Lipinski definition) is 4. The molecule has 1 aromatic rings. The molecular formula is C15H22N2O2. The Morgan fingerprint density at radius 3 is 2.47 bits per heavy atom. The highest BCUT2D eigenvalue weighted by atomic mass is 16.5. The van der Waals surface area contributed by atoms with E-state index in [0.29, 0.717) is 26.1 Å². The average molecular weight is 262 g/mol. The summed E-state index contributed by atoms with van der Waals surface area (Å²) < 4.78 is 5.56. The molecule has 0 amide bonds. The minimum atomic E-state index is -0.745. The van der Waals surface area contributed by atoms with Gasteiger partial charge in [-0.25, -0.2) is 0 Å². The van der Waals surface area contributed by atoms with Gasteiger partial charge in [0, 0.05) is 37.4 Å². The van der Waals surface area contributed by atoms with Gasteiger partial charge in [0.1, 0.15) is 0 Å². The van der Waals surface area contributed by atoms with Crippen molar-refractivity contribution in [1.29, 1.82) is 0 Å². The quantitative estimate of drug-likeness (QED) is 0.837. The van der Waals surface area contributed by atoms with Crippen LogP contribution in [0.5, 0.6) is 0 Å². The van der Waals surface area contributed by atoms with Crippen molar-refractivity contribution in [1.82, 2.24) is 5.32 Å². The van der Waals surface area contributed by atoms with E-state index in [2.05, 4.69) is 22.3 Å². The second kappa shape index (κ2) is 4.78. The van der Waals surface area contributed by atoms with Crippen LogP contribution in [0.2, 0.25) is 0 Å². The fourth-order valence-corrected chi connectivity index (χ4v) is 3.39. The number of hydrogen-bond donors (Lipinski definition) is 2. The van der Waals surface area contributed by atoms with Crippen LogP contribution in [0, 0.1) is 0 Å². The number of ether oxygens (including phenoxy) is 1. The monoisotopic (exact) mass is 262 g/mol. The molecular weight excluding hydrogens is 240 g/mol. The van der Waals surface area contributed by atoms with E-state index in [1.807, 2.05) is 26.2 Å². The van der Waals surface area contributed by atoms with Gasteiger partial charge in [-0.05, 0) is 18.9 Å². The van der Waals surface area contributed by atoms with Crippen LogP contribution < -0.4 is 10.2 Å². The van der Waals surface area contributed by atoms with Gasteiger partial charge in [0.15, 0.2) is 0 Å². The number of benzene rings is 1. The van der Waals surface area contributed by atoms with Gasteiger partial charge in [-0.15, -0.1) is 0 Å². The van der Waals surface area contributed by atoms with Crippen LogP contribution in [0.15, 0.2) is 24.3 Å². The van der Waals surface area contributed by atoms with Crippen molar-refractivity contribution in [3.63, 3.8) is 0 Å². The standard InChI is InChI=1S/C15H22N2O2/c1-17(2)14-6-4-3-5-13(14)15(18)7-11-9-19-10-12(8-15)16-11/h3-6,11-12,16,18H,7-10H2,1-2H3. The van der Waals surface area contributed by atoms with Crippen LogP contribution in [-0.4, -0.2) is 44.5 Å². The Hall–Kier alpha value is -1.10. The number of rotatable bonds is 2. The molecule has 19 heavy (non-hydrogen) atoms. The van der Waals surface area contributed by atoms with E-state index >= 15 is 0 Å². The lowest BCUT2D eigenvalue weighted by Crippen LogP contribution is -2.58. The first kappa shape index (κ1) is 12.9. The van der Waals surface area contributed by atoms with Crippen molar-refractivity contribution >= 4 is 5.69 Å². The van der Waals surface area contributed by atoms with Crippen LogP contribution >= 0.6 is 0 Å². The smallest absolute Gasteiger partial charge is 0.0947 e. The third kappa shape index (κ3) is 2.36. The van der Waals surface area contributed by atoms with E-state index in [1.54, 1.807) is 0 Å². The van der Waals surface area contributed by atoms with Gasteiger partial charge in [-0.2, -0.15) is 0 Å². The highest BCUT2D eigenvalue weighted by Crippen LogP contribution is 2.40. The minimum absolute atomic E-state index is 0.257. The van der Waals surface area contributed by atoms with Crippen LogP contribution in [0.1, 0.15) is 18.4 Å². The minimum Gasteiger partial charge on any atom is -0.385 e. The van der Waals surface area contributed by atoms with Gasteiger partial charge in [-0.1, -0.05) is 18.2 Å². The maximum atomic E-state index is 11.2. The highest BCUT2D eigenvalue weighted by Gasteiger charge is 2.43. The summed E-state index contributed by atoms with van der Waals surface area (Å²) in [5, 5.41) is 14.7. The van der Waals surface area contributed by atoms with Gasteiger partial charge in [-0.3, -0.25) is 0 Å². The zero-order valence-corrected chi connectivity index (χ0v) is 11.6. The Morgan fingerprint density at radius 2 is 1.84 bits per heavy atom. The predicted octanol–water partition coefficient (Wildman–Crippen LogP) is 1.09. The number of anilines is 1. The molecule has 2 saturated heterocycles. The number of piperidine rings is 1. The largest absolute Gasteiger partial charge is 0.385 e. The Labute approximate surface area is 114 Å². The van der Waals surface area contributed by atoms with E-state index in [-0.39, 0.29) is 12.1 Å². The Morgan fingerprint density at radius 1 is 1.21 bits per heavy atom. The van der Waals surface area contributed by atoms with Crippen molar-refractivity contribution in [2.45, 2.75) is 30.5 Å². The van der Waals surface area contributed by atoms with Gasteiger partial charge in [0.25, 0.3) is 0 Å². The summed E-state index contributed by atoms with van der Waals surface area (Å²) >= 11 is 0. The van der Waals surface area contributed by atoms with Crippen molar-refractivity contribution in [3.8, 4) is 0 Å². The Kier molecular flexibility index (Phi) is 3.25. The first-order valence-corrected chi connectivity index (χ1v) is 6.91. The van der Waals surface area contributed by atoms with Crippen LogP contribution in [-0.2, 0) is 10.3 Å². The Balaban J connectivity index is 1.96. The molecule has 0 spiro atoms. The summed E-state index contributed by atoms with van der Waals surface area (Å²) in [5.41, 5.74) is 1.40. The SMILES string of the molecule is CN(C)c1ccccc1C1(O)CC2COCC(C1)N2. The maximum Gasteiger partial charge on any atom is 0.0947 e. The normalized spacial score (nSPS) is 34.1. The molecule has 2 atom stereocenters. The summed E-state index contributed by atoms with van der Waals surface area (Å²) in [6, 6.07) is 8.67. The van der Waals surface area contributed by atoms with Gasteiger partial charge in [0.2, 0.25) is 0 Å². The first-order chi connectivity index (χ1) is 9.08. The molecule has 2 fully saturated rings. The number of fused-ring (bicyclic) bond motifs is 2. The van der Waals surface area contributed by atoms with E-state index in [4.69, 9.17) is 4.74 Å². The third-order valence-corrected chi connectivity index (χ3v) is 4.16. The zero-order chi connectivity index (χ0) is 13.5. The van der Waals surface area contributed by atoms with Crippen molar-refractivity contribution in [2.24, 2.45) is 0 Å². The lowest BCUT2D eigenvalue weighted by atomic mass is 9.77. The van der Waals surface area contributed by atoms with Crippen LogP contribution in [0.3, 0.4) is 0 Å². The summed E-state index contributed by atoms with van der Waals surface area (Å²) in [4.78, 5) is 2.07. The van der Waals surface area contributed by atoms with E-state index in [0.717, 1.165) is 11.3 Å². The molecule has 4 nitrogen and oxygen atoms in total. The van der Waals surface area contributed by atoms with Gasteiger partial charge >= 0.3 is 0 Å². The molecule has 0 aromatic heterocycles. The summed E-state index contributed by atoms with van der Waals surface area (Å²) in [7, 11) is 4.04. The van der Waals surface area contributed by atoms with Crippen LogP contribution in [0.25, 0.3) is 0 Å². The van der Waals surface area contributed by atoms with Gasteiger partial charge < -0.3 is 20.1 Å². The molecule has 2 aliphatic rings. The van der Waals surface area contributed by atoms with Crippen LogP contribution in [0.4, 0.5) is 5.69 Å². The summed E-state index contributed by atoms with van der Waals surface area (Å²) in [5.74, 6) is 0. The van der Waals surface area contributed by atoms with Gasteiger partial charge in [0.05, 0.1) is 18.8 Å². The number of morpholine rings is 1. The summed E-state index contributed by atoms with van der Waals surface area (Å²) in [6.07, 6.45) is 1.43. The fourth-order valence-electron chi connectivity index (χ4n) is 3.39. The number of nitrogens with zero attached hydrogens (tertiary/aromatic N) is 1. The topological polar surface area (TPSA) is 44.7 Å². The molecule has 104 valence electrons.